The molecule has 138 valence electrons. The van der Waals surface area contributed by atoms with Crippen LogP contribution in [0.1, 0.15) is 39.5 Å². The van der Waals surface area contributed by atoms with Crippen molar-refractivity contribution in [1.82, 2.24) is 9.80 Å². The smallest absolute Gasteiger partial charge is 0.209 e. The quantitative estimate of drug-likeness (QED) is 0.807. The van der Waals surface area contributed by atoms with Crippen LogP contribution in [0.2, 0.25) is 5.02 Å². The number of hydrogen-bond acceptors (Lipinski definition) is 3. The third kappa shape index (κ3) is 4.68. The van der Waals surface area contributed by atoms with E-state index in [1.165, 1.54) is 25.7 Å². The number of halogens is 1. The predicted octanol–water partition coefficient (Wildman–Crippen LogP) is 3.86. The number of carbonyl (C=O) groups is 1. The second kappa shape index (κ2) is 8.41. The molecule has 3 rings (SSSR count). The lowest BCUT2D eigenvalue weighted by Crippen LogP contribution is -2.58. The number of rotatable bonds is 5. The maximum atomic E-state index is 11.2. The molecule has 1 saturated carbocycles. The largest absolute Gasteiger partial charge is 0.382 e. The van der Waals surface area contributed by atoms with Crippen LogP contribution in [0.4, 0.5) is 5.69 Å². The van der Waals surface area contributed by atoms with E-state index in [-0.39, 0.29) is 0 Å². The minimum atomic E-state index is 0.510. The Hall–Kier alpha value is -1.26. The fraction of sp³-hybridized carbons (Fsp3) is 0.650. The zero-order valence-electron chi connectivity index (χ0n) is 15.3. The van der Waals surface area contributed by atoms with E-state index < -0.39 is 0 Å². The van der Waals surface area contributed by atoms with Gasteiger partial charge in [0.1, 0.15) is 0 Å². The number of piperazine rings is 1. The third-order valence-corrected chi connectivity index (χ3v) is 6.09. The molecule has 25 heavy (non-hydrogen) atoms. The molecular weight excluding hydrogens is 334 g/mol. The highest BCUT2D eigenvalue weighted by Gasteiger charge is 2.36. The fourth-order valence-corrected chi connectivity index (χ4v) is 4.56. The number of benzene rings is 1. The summed E-state index contributed by atoms with van der Waals surface area (Å²) in [5.41, 5.74) is 1.15. The van der Waals surface area contributed by atoms with E-state index in [4.69, 9.17) is 11.6 Å². The van der Waals surface area contributed by atoms with Crippen molar-refractivity contribution in [2.45, 2.75) is 57.7 Å². The Morgan fingerprint density at radius 3 is 2.40 bits per heavy atom. The van der Waals surface area contributed by atoms with Crippen molar-refractivity contribution >= 4 is 23.7 Å². The van der Waals surface area contributed by atoms with E-state index in [1.54, 1.807) is 0 Å². The topological polar surface area (TPSA) is 35.6 Å². The van der Waals surface area contributed by atoms with E-state index in [0.29, 0.717) is 24.0 Å². The number of nitrogens with one attached hydrogen (secondary N) is 1. The first-order valence-electron chi connectivity index (χ1n) is 9.54. The molecule has 0 spiro atoms. The molecule has 1 aliphatic heterocycles. The summed E-state index contributed by atoms with van der Waals surface area (Å²) in [5, 5.41) is 4.42. The van der Waals surface area contributed by atoms with E-state index in [9.17, 15) is 4.79 Å². The zero-order chi connectivity index (χ0) is 17.8. The van der Waals surface area contributed by atoms with Gasteiger partial charge in [0.05, 0.1) is 0 Å². The third-order valence-electron chi connectivity index (χ3n) is 5.84. The van der Waals surface area contributed by atoms with Crippen molar-refractivity contribution in [3.8, 4) is 0 Å². The molecule has 4 nitrogen and oxygen atoms in total. The second-order valence-electron chi connectivity index (χ2n) is 7.76. The van der Waals surface area contributed by atoms with Crippen LogP contribution in [0, 0.1) is 5.92 Å². The van der Waals surface area contributed by atoms with Crippen molar-refractivity contribution in [2.24, 2.45) is 5.92 Å². The van der Waals surface area contributed by atoms with E-state index >= 15 is 0 Å². The van der Waals surface area contributed by atoms with Gasteiger partial charge in [0, 0.05) is 48.5 Å². The minimum Gasteiger partial charge on any atom is -0.382 e. The summed E-state index contributed by atoms with van der Waals surface area (Å²) in [6.45, 7) is 7.31. The molecule has 2 fully saturated rings. The standard InChI is InChI=1S/C20H30ClN3O/c1-15(2)24-12-11-23(14-25)13-20(24)16-3-7-18(8-4-16)22-19-9-5-17(21)6-10-19/h5-6,9-10,14-16,18,20,22H,3-4,7-8,11-13H2,1-2H3. The highest BCUT2D eigenvalue weighted by Crippen LogP contribution is 2.33. The second-order valence-corrected chi connectivity index (χ2v) is 8.20. The molecule has 1 N–H and O–H groups in total. The van der Waals surface area contributed by atoms with Gasteiger partial charge >= 0.3 is 0 Å². The number of anilines is 1. The highest BCUT2D eigenvalue weighted by atomic mass is 35.5. The molecule has 0 bridgehead atoms. The van der Waals surface area contributed by atoms with Crippen molar-refractivity contribution < 1.29 is 4.79 Å². The summed E-state index contributed by atoms with van der Waals surface area (Å²) < 4.78 is 0. The molecule has 1 aromatic carbocycles. The molecule has 1 aliphatic carbocycles. The van der Waals surface area contributed by atoms with Crippen molar-refractivity contribution in [3.05, 3.63) is 29.3 Å². The predicted molar refractivity (Wildman–Crippen MR) is 104 cm³/mol. The maximum Gasteiger partial charge on any atom is 0.209 e. The highest BCUT2D eigenvalue weighted by molar-refractivity contribution is 6.30. The SMILES string of the molecule is CC(C)N1CCN(C=O)CC1C1CCC(Nc2ccc(Cl)cc2)CC1. The lowest BCUT2D eigenvalue weighted by molar-refractivity contribution is -0.122. The number of carbonyl (C=O) groups excluding carboxylic acids is 1. The Morgan fingerprint density at radius 1 is 1.12 bits per heavy atom. The molecule has 2 aliphatic rings. The lowest BCUT2D eigenvalue weighted by Gasteiger charge is -2.47. The van der Waals surface area contributed by atoms with Crippen molar-refractivity contribution in [3.63, 3.8) is 0 Å². The number of nitrogens with zero attached hydrogens (tertiary/aromatic N) is 2. The van der Waals surface area contributed by atoms with Gasteiger partial charge in [0.25, 0.3) is 0 Å². The molecule has 0 radical (unpaired) electrons. The fourth-order valence-electron chi connectivity index (χ4n) is 4.43. The molecular formula is C20H30ClN3O. The number of amides is 1. The average Bonchev–Trinajstić information content (AvgIpc) is 2.63. The Morgan fingerprint density at radius 2 is 1.80 bits per heavy atom. The summed E-state index contributed by atoms with van der Waals surface area (Å²) in [4.78, 5) is 15.8. The van der Waals surface area contributed by atoms with Gasteiger partial charge in [-0.1, -0.05) is 11.6 Å². The van der Waals surface area contributed by atoms with Gasteiger partial charge in [-0.2, -0.15) is 0 Å². The first-order valence-corrected chi connectivity index (χ1v) is 9.92. The normalized spacial score (nSPS) is 28.2. The summed E-state index contributed by atoms with van der Waals surface area (Å²) in [7, 11) is 0. The Labute approximate surface area is 156 Å². The van der Waals surface area contributed by atoms with E-state index in [0.717, 1.165) is 36.8 Å². The average molecular weight is 364 g/mol. The van der Waals surface area contributed by atoms with Gasteiger partial charge < -0.3 is 10.2 Å². The van der Waals surface area contributed by atoms with Crippen LogP contribution in [-0.2, 0) is 4.79 Å². The summed E-state index contributed by atoms with van der Waals surface area (Å²) in [5.74, 6) is 0.688. The summed E-state index contributed by atoms with van der Waals surface area (Å²) in [6, 6.07) is 9.57. The summed E-state index contributed by atoms with van der Waals surface area (Å²) in [6.07, 6.45) is 5.86. The van der Waals surface area contributed by atoms with Gasteiger partial charge in [-0.3, -0.25) is 9.69 Å². The van der Waals surface area contributed by atoms with Crippen LogP contribution >= 0.6 is 11.6 Å². The van der Waals surface area contributed by atoms with Gasteiger partial charge in [-0.05, 0) is 69.7 Å². The summed E-state index contributed by atoms with van der Waals surface area (Å²) >= 11 is 5.96. The molecule has 1 saturated heterocycles. The van der Waals surface area contributed by atoms with Crippen molar-refractivity contribution in [2.75, 3.05) is 25.0 Å². The molecule has 0 aromatic heterocycles. The van der Waals surface area contributed by atoms with Gasteiger partial charge in [0.15, 0.2) is 0 Å². The molecule has 1 amide bonds. The van der Waals surface area contributed by atoms with E-state index in [2.05, 4.69) is 36.2 Å². The monoisotopic (exact) mass is 363 g/mol. The molecule has 5 heteroatoms. The van der Waals surface area contributed by atoms with Gasteiger partial charge in [0.2, 0.25) is 6.41 Å². The van der Waals surface area contributed by atoms with Crippen LogP contribution in [0.3, 0.4) is 0 Å². The molecule has 1 unspecified atom stereocenters. The van der Waals surface area contributed by atoms with Crippen molar-refractivity contribution in [1.29, 1.82) is 0 Å². The maximum absolute atomic E-state index is 11.2. The molecule has 1 heterocycles. The minimum absolute atomic E-state index is 0.510. The Balaban J connectivity index is 1.56. The van der Waals surface area contributed by atoms with Crippen LogP contribution in [0.15, 0.2) is 24.3 Å². The van der Waals surface area contributed by atoms with Crippen LogP contribution < -0.4 is 5.32 Å². The Kier molecular flexibility index (Phi) is 6.24. The van der Waals surface area contributed by atoms with Gasteiger partial charge in [-0.15, -0.1) is 0 Å². The van der Waals surface area contributed by atoms with Gasteiger partial charge in [-0.25, -0.2) is 0 Å². The Bertz CT molecular complexity index is 555. The van der Waals surface area contributed by atoms with Crippen LogP contribution in [-0.4, -0.2) is 54.0 Å². The molecule has 1 atom stereocenters. The molecule has 1 aromatic rings. The van der Waals surface area contributed by atoms with Crippen LogP contribution in [0.5, 0.6) is 0 Å². The van der Waals surface area contributed by atoms with E-state index in [1.807, 2.05) is 17.0 Å². The van der Waals surface area contributed by atoms with Crippen LogP contribution in [0.25, 0.3) is 0 Å². The lowest BCUT2D eigenvalue weighted by atomic mass is 9.79. The number of hydrogen-bond donors (Lipinski definition) is 1. The first-order chi connectivity index (χ1) is 12.1. The zero-order valence-corrected chi connectivity index (χ0v) is 16.1. The first kappa shape index (κ1) is 18.5.